The Balaban J connectivity index is 2.01. The van der Waals surface area contributed by atoms with Gasteiger partial charge in [0.05, 0.1) is 12.6 Å². The number of benzene rings is 1. The molecular weight excluding hydrogens is 228 g/mol. The van der Waals surface area contributed by atoms with E-state index in [1.54, 1.807) is 0 Å². The first-order chi connectivity index (χ1) is 8.74. The predicted molar refractivity (Wildman–Crippen MR) is 72.0 cm³/mol. The number of nitrogens with one attached hydrogen (secondary N) is 1. The van der Waals surface area contributed by atoms with Gasteiger partial charge in [0.1, 0.15) is 0 Å². The van der Waals surface area contributed by atoms with Crippen LogP contribution in [0.15, 0.2) is 30.3 Å². The van der Waals surface area contributed by atoms with E-state index in [9.17, 15) is 4.79 Å². The van der Waals surface area contributed by atoms with Gasteiger partial charge in [-0.05, 0) is 18.4 Å². The molecule has 1 rings (SSSR count). The molecule has 0 heterocycles. The SMILES string of the molecule is CC[C@H](N)C(=O)NCCCOCc1ccccc1. The lowest BCUT2D eigenvalue weighted by molar-refractivity contribution is -0.122. The van der Waals surface area contributed by atoms with Crippen LogP contribution in [0.3, 0.4) is 0 Å². The van der Waals surface area contributed by atoms with Gasteiger partial charge in [-0.25, -0.2) is 0 Å². The monoisotopic (exact) mass is 250 g/mol. The molecule has 4 heteroatoms. The molecule has 0 aliphatic heterocycles. The normalized spacial score (nSPS) is 12.1. The third-order valence-electron chi connectivity index (χ3n) is 2.65. The summed E-state index contributed by atoms with van der Waals surface area (Å²) in [7, 11) is 0. The van der Waals surface area contributed by atoms with Crippen LogP contribution in [-0.4, -0.2) is 25.1 Å². The zero-order valence-corrected chi connectivity index (χ0v) is 10.9. The van der Waals surface area contributed by atoms with Crippen LogP contribution in [-0.2, 0) is 16.1 Å². The molecule has 100 valence electrons. The second kappa shape index (κ2) is 8.66. The second-order valence-corrected chi connectivity index (χ2v) is 4.20. The molecule has 0 spiro atoms. The first-order valence-corrected chi connectivity index (χ1v) is 6.39. The summed E-state index contributed by atoms with van der Waals surface area (Å²) in [6.07, 6.45) is 1.46. The van der Waals surface area contributed by atoms with Gasteiger partial charge in [0, 0.05) is 13.2 Å². The minimum absolute atomic E-state index is 0.0828. The number of amides is 1. The van der Waals surface area contributed by atoms with Crippen molar-refractivity contribution in [1.82, 2.24) is 5.32 Å². The van der Waals surface area contributed by atoms with Crippen molar-refractivity contribution in [2.75, 3.05) is 13.2 Å². The van der Waals surface area contributed by atoms with Crippen molar-refractivity contribution in [1.29, 1.82) is 0 Å². The Bertz CT molecular complexity index is 341. The van der Waals surface area contributed by atoms with E-state index in [1.165, 1.54) is 0 Å². The number of hydrogen-bond donors (Lipinski definition) is 2. The maximum atomic E-state index is 11.4. The zero-order chi connectivity index (χ0) is 13.2. The van der Waals surface area contributed by atoms with Crippen LogP contribution in [0.25, 0.3) is 0 Å². The first-order valence-electron chi connectivity index (χ1n) is 6.39. The molecule has 0 bridgehead atoms. The van der Waals surface area contributed by atoms with Crippen molar-refractivity contribution in [3.63, 3.8) is 0 Å². The highest BCUT2D eigenvalue weighted by atomic mass is 16.5. The van der Waals surface area contributed by atoms with Gasteiger partial charge in [-0.15, -0.1) is 0 Å². The zero-order valence-electron chi connectivity index (χ0n) is 10.9. The Labute approximate surface area is 109 Å². The van der Waals surface area contributed by atoms with Crippen molar-refractivity contribution >= 4 is 5.91 Å². The van der Waals surface area contributed by atoms with Gasteiger partial charge in [0.15, 0.2) is 0 Å². The lowest BCUT2D eigenvalue weighted by Gasteiger charge is -2.10. The Morgan fingerprint density at radius 3 is 2.78 bits per heavy atom. The standard InChI is InChI=1S/C14H22N2O2/c1-2-13(15)14(17)16-9-6-10-18-11-12-7-4-3-5-8-12/h3-5,7-8,13H,2,6,9-11,15H2,1H3,(H,16,17)/t13-/m0/s1. The molecular formula is C14H22N2O2. The quantitative estimate of drug-likeness (QED) is 0.686. The van der Waals surface area contributed by atoms with Crippen molar-refractivity contribution < 1.29 is 9.53 Å². The minimum Gasteiger partial charge on any atom is -0.377 e. The van der Waals surface area contributed by atoms with E-state index < -0.39 is 6.04 Å². The first kappa shape index (κ1) is 14.7. The van der Waals surface area contributed by atoms with E-state index in [1.807, 2.05) is 37.3 Å². The van der Waals surface area contributed by atoms with Crippen LogP contribution in [0.2, 0.25) is 0 Å². The topological polar surface area (TPSA) is 64.4 Å². The van der Waals surface area contributed by atoms with Crippen LogP contribution in [0, 0.1) is 0 Å². The molecule has 3 N–H and O–H groups in total. The third kappa shape index (κ3) is 5.80. The van der Waals surface area contributed by atoms with Gasteiger partial charge in [0.25, 0.3) is 0 Å². The summed E-state index contributed by atoms with van der Waals surface area (Å²) in [5.41, 5.74) is 6.75. The summed E-state index contributed by atoms with van der Waals surface area (Å²) in [6.45, 7) is 3.76. The molecule has 1 aromatic rings. The lowest BCUT2D eigenvalue weighted by atomic mass is 10.2. The molecule has 18 heavy (non-hydrogen) atoms. The molecule has 0 unspecified atom stereocenters. The number of hydrogen-bond acceptors (Lipinski definition) is 3. The molecule has 0 fully saturated rings. The number of rotatable bonds is 8. The molecule has 0 radical (unpaired) electrons. The number of nitrogens with two attached hydrogens (primary N) is 1. The third-order valence-corrected chi connectivity index (χ3v) is 2.65. The molecule has 0 saturated carbocycles. The van der Waals surface area contributed by atoms with E-state index in [0.29, 0.717) is 26.2 Å². The van der Waals surface area contributed by atoms with Crippen LogP contribution in [0.5, 0.6) is 0 Å². The minimum atomic E-state index is -0.393. The van der Waals surface area contributed by atoms with E-state index in [4.69, 9.17) is 10.5 Å². The fraction of sp³-hybridized carbons (Fsp3) is 0.500. The van der Waals surface area contributed by atoms with Crippen molar-refractivity contribution in [3.05, 3.63) is 35.9 Å². The molecule has 0 aliphatic carbocycles. The Hall–Kier alpha value is -1.39. The molecule has 4 nitrogen and oxygen atoms in total. The van der Waals surface area contributed by atoms with Crippen LogP contribution in [0.4, 0.5) is 0 Å². The van der Waals surface area contributed by atoms with Crippen LogP contribution in [0.1, 0.15) is 25.3 Å². The summed E-state index contributed by atoms with van der Waals surface area (Å²) >= 11 is 0. The van der Waals surface area contributed by atoms with Crippen LogP contribution >= 0.6 is 0 Å². The Morgan fingerprint density at radius 2 is 2.11 bits per heavy atom. The van der Waals surface area contributed by atoms with Crippen LogP contribution < -0.4 is 11.1 Å². The van der Waals surface area contributed by atoms with Gasteiger partial charge in [-0.2, -0.15) is 0 Å². The van der Waals surface area contributed by atoms with E-state index in [0.717, 1.165) is 12.0 Å². The predicted octanol–water partition coefficient (Wildman–Crippen LogP) is 1.45. The average Bonchev–Trinajstić information content (AvgIpc) is 2.42. The molecule has 0 aromatic heterocycles. The summed E-state index contributed by atoms with van der Waals surface area (Å²) in [6, 6.07) is 9.63. The number of carbonyl (C=O) groups excluding carboxylic acids is 1. The molecule has 0 saturated heterocycles. The van der Waals surface area contributed by atoms with Gasteiger partial charge in [0.2, 0.25) is 5.91 Å². The summed E-state index contributed by atoms with van der Waals surface area (Å²) in [5, 5.41) is 2.79. The molecule has 0 aliphatic rings. The smallest absolute Gasteiger partial charge is 0.236 e. The van der Waals surface area contributed by atoms with E-state index in [2.05, 4.69) is 5.32 Å². The van der Waals surface area contributed by atoms with Gasteiger partial charge < -0.3 is 15.8 Å². The highest BCUT2D eigenvalue weighted by molar-refractivity contribution is 5.81. The van der Waals surface area contributed by atoms with Crippen molar-refractivity contribution in [2.24, 2.45) is 5.73 Å². The highest BCUT2D eigenvalue weighted by Gasteiger charge is 2.08. The summed E-state index contributed by atoms with van der Waals surface area (Å²) < 4.78 is 5.51. The van der Waals surface area contributed by atoms with E-state index in [-0.39, 0.29) is 5.91 Å². The van der Waals surface area contributed by atoms with Crippen molar-refractivity contribution in [2.45, 2.75) is 32.4 Å². The van der Waals surface area contributed by atoms with Crippen molar-refractivity contribution in [3.8, 4) is 0 Å². The fourth-order valence-corrected chi connectivity index (χ4v) is 1.47. The van der Waals surface area contributed by atoms with Gasteiger partial charge >= 0.3 is 0 Å². The molecule has 1 amide bonds. The van der Waals surface area contributed by atoms with Gasteiger partial charge in [-0.1, -0.05) is 37.3 Å². The summed E-state index contributed by atoms with van der Waals surface area (Å²) in [5.74, 6) is -0.0828. The Morgan fingerprint density at radius 1 is 1.39 bits per heavy atom. The number of ether oxygens (including phenoxy) is 1. The Kier molecular flexibility index (Phi) is 7.06. The fourth-order valence-electron chi connectivity index (χ4n) is 1.47. The largest absolute Gasteiger partial charge is 0.377 e. The highest BCUT2D eigenvalue weighted by Crippen LogP contribution is 2.00. The maximum absolute atomic E-state index is 11.4. The van der Waals surface area contributed by atoms with Gasteiger partial charge in [-0.3, -0.25) is 4.79 Å². The number of carbonyl (C=O) groups is 1. The lowest BCUT2D eigenvalue weighted by Crippen LogP contribution is -2.40. The summed E-state index contributed by atoms with van der Waals surface area (Å²) in [4.78, 5) is 11.4. The molecule has 1 aromatic carbocycles. The van der Waals surface area contributed by atoms with E-state index >= 15 is 0 Å². The maximum Gasteiger partial charge on any atom is 0.236 e. The average molecular weight is 250 g/mol. The molecule has 1 atom stereocenters. The second-order valence-electron chi connectivity index (χ2n) is 4.20.